The summed E-state index contributed by atoms with van der Waals surface area (Å²) in [5, 5.41) is 4.10. The molecule has 0 aromatic heterocycles. The van der Waals surface area contributed by atoms with Gasteiger partial charge in [-0.1, -0.05) is 17.7 Å². The lowest BCUT2D eigenvalue weighted by Crippen LogP contribution is -2.65. The molecule has 1 heterocycles. The summed E-state index contributed by atoms with van der Waals surface area (Å²) in [6.45, 7) is 0. The number of halogens is 4. The molecule has 2 aromatic rings. The van der Waals surface area contributed by atoms with Crippen molar-refractivity contribution in [2.24, 2.45) is 0 Å². The van der Waals surface area contributed by atoms with Crippen molar-refractivity contribution in [2.45, 2.75) is 12.1 Å². The molecule has 1 aliphatic heterocycles. The summed E-state index contributed by atoms with van der Waals surface area (Å²) in [6, 6.07) is 8.62. The van der Waals surface area contributed by atoms with Crippen molar-refractivity contribution in [3.05, 3.63) is 47.5 Å². The number of amides is 2. The molecule has 0 saturated heterocycles. The second-order valence-corrected chi connectivity index (χ2v) is 5.66. The number of rotatable bonds is 3. The largest absolute Gasteiger partial charge is 0.497 e. The number of hydrogen-bond acceptors (Lipinski definition) is 4. The fourth-order valence-corrected chi connectivity index (χ4v) is 2.39. The maximum Gasteiger partial charge on any atom is 0.492 e. The lowest BCUT2D eigenvalue weighted by Gasteiger charge is -2.29. The van der Waals surface area contributed by atoms with Gasteiger partial charge in [-0.15, -0.1) is 0 Å². The topological polar surface area (TPSA) is 68.8 Å². The van der Waals surface area contributed by atoms with Crippen molar-refractivity contribution >= 4 is 23.3 Å². The first-order chi connectivity index (χ1) is 12.2. The van der Waals surface area contributed by atoms with E-state index in [2.05, 4.69) is 5.32 Å². The second-order valence-electron chi connectivity index (χ2n) is 5.22. The summed E-state index contributed by atoms with van der Waals surface area (Å²) in [5.74, 6) is -3.39. The molecule has 0 unspecified atom stereocenters. The van der Waals surface area contributed by atoms with Gasteiger partial charge in [-0.25, -0.2) is 4.79 Å². The molecule has 26 heavy (non-hydrogen) atoms. The van der Waals surface area contributed by atoms with E-state index in [1.807, 2.05) is 0 Å². The number of anilines is 1. The number of urea groups is 1. The normalized spacial score (nSPS) is 18.3. The lowest BCUT2D eigenvalue weighted by molar-refractivity contribution is -0.317. The van der Waals surface area contributed by atoms with Crippen LogP contribution in [0.4, 0.5) is 23.7 Å². The SMILES string of the molecule is COc1cccc(NC(=O)N[C@]2(C(F)(F)F)Oc3ccc(Cl)cc3O2)c1. The van der Waals surface area contributed by atoms with Crippen LogP contribution in [-0.2, 0) is 0 Å². The summed E-state index contributed by atoms with van der Waals surface area (Å²) in [5.41, 5.74) is 0.220. The lowest BCUT2D eigenvalue weighted by atomic mass is 10.3. The van der Waals surface area contributed by atoms with Crippen molar-refractivity contribution in [3.8, 4) is 17.2 Å². The first-order valence-corrected chi connectivity index (χ1v) is 7.58. The fraction of sp³-hybridized carbons (Fsp3) is 0.188. The van der Waals surface area contributed by atoms with Crippen LogP contribution in [0.3, 0.4) is 0 Å². The van der Waals surface area contributed by atoms with Crippen molar-refractivity contribution < 1.29 is 32.2 Å². The average Bonchev–Trinajstić information content (AvgIpc) is 2.93. The monoisotopic (exact) mass is 388 g/mol. The van der Waals surface area contributed by atoms with Crippen molar-refractivity contribution in [1.29, 1.82) is 0 Å². The highest BCUT2D eigenvalue weighted by Crippen LogP contribution is 2.46. The van der Waals surface area contributed by atoms with Gasteiger partial charge in [0.15, 0.2) is 11.5 Å². The van der Waals surface area contributed by atoms with E-state index in [4.69, 9.17) is 25.8 Å². The Morgan fingerprint density at radius 2 is 1.88 bits per heavy atom. The van der Waals surface area contributed by atoms with E-state index in [0.717, 1.165) is 6.07 Å². The Kier molecular flexibility index (Phi) is 4.49. The van der Waals surface area contributed by atoms with Crippen LogP contribution in [0.5, 0.6) is 17.2 Å². The number of ether oxygens (including phenoxy) is 3. The number of alkyl halides is 3. The van der Waals surface area contributed by atoms with Crippen LogP contribution >= 0.6 is 11.6 Å². The third kappa shape index (κ3) is 3.43. The maximum absolute atomic E-state index is 13.6. The van der Waals surface area contributed by atoms with Crippen LogP contribution in [0.15, 0.2) is 42.5 Å². The molecule has 0 bridgehead atoms. The first kappa shape index (κ1) is 18.0. The highest BCUT2D eigenvalue weighted by Gasteiger charge is 2.65. The van der Waals surface area contributed by atoms with Gasteiger partial charge in [0.1, 0.15) is 5.75 Å². The van der Waals surface area contributed by atoms with Gasteiger partial charge < -0.3 is 19.5 Å². The standard InChI is InChI=1S/C16H12ClF3N2O4/c1-24-11-4-2-3-10(8-11)21-14(23)22-16(15(18,19)20)25-12-6-5-9(17)7-13(12)26-16/h2-8H,1H3,(H2,21,22,23)/t16-/m1/s1. The molecule has 3 rings (SSSR count). The van der Waals surface area contributed by atoms with Crippen LogP contribution in [0.1, 0.15) is 0 Å². The summed E-state index contributed by atoms with van der Waals surface area (Å²) >= 11 is 5.74. The Bertz CT molecular complexity index is 846. The number of methoxy groups -OCH3 is 1. The van der Waals surface area contributed by atoms with E-state index in [-0.39, 0.29) is 22.2 Å². The van der Waals surface area contributed by atoms with Gasteiger partial charge in [-0.2, -0.15) is 13.2 Å². The Balaban J connectivity index is 1.81. The number of benzene rings is 2. The third-order valence-corrected chi connectivity index (χ3v) is 3.63. The molecule has 0 aliphatic carbocycles. The molecule has 2 aromatic carbocycles. The Morgan fingerprint density at radius 1 is 1.15 bits per heavy atom. The molecule has 2 amide bonds. The first-order valence-electron chi connectivity index (χ1n) is 7.20. The van der Waals surface area contributed by atoms with E-state index in [1.54, 1.807) is 17.4 Å². The Labute approximate surface area is 150 Å². The fourth-order valence-electron chi connectivity index (χ4n) is 2.23. The van der Waals surface area contributed by atoms with Gasteiger partial charge in [0.2, 0.25) is 0 Å². The van der Waals surface area contributed by atoms with Gasteiger partial charge in [0.25, 0.3) is 0 Å². The summed E-state index contributed by atoms with van der Waals surface area (Å²) < 4.78 is 55.4. The van der Waals surface area contributed by atoms with E-state index in [1.165, 1.54) is 31.4 Å². The Hall–Kier alpha value is -2.81. The van der Waals surface area contributed by atoms with E-state index < -0.39 is 18.1 Å². The number of hydrogen-bond donors (Lipinski definition) is 2. The molecule has 0 radical (unpaired) electrons. The van der Waals surface area contributed by atoms with Crippen LogP contribution < -0.4 is 24.8 Å². The van der Waals surface area contributed by atoms with Crippen molar-refractivity contribution in [1.82, 2.24) is 5.32 Å². The van der Waals surface area contributed by atoms with Crippen LogP contribution in [0.25, 0.3) is 0 Å². The number of nitrogens with one attached hydrogen (secondary N) is 2. The zero-order valence-corrected chi connectivity index (χ0v) is 13.9. The minimum atomic E-state index is -5.07. The molecule has 0 fully saturated rings. The quantitative estimate of drug-likeness (QED) is 0.828. The molecule has 0 saturated carbocycles. The van der Waals surface area contributed by atoms with Crippen molar-refractivity contribution in [3.63, 3.8) is 0 Å². The van der Waals surface area contributed by atoms with Gasteiger partial charge >= 0.3 is 18.1 Å². The maximum atomic E-state index is 13.6. The van der Waals surface area contributed by atoms with Gasteiger partial charge in [0.05, 0.1) is 7.11 Å². The summed E-state index contributed by atoms with van der Waals surface area (Å²) in [6.07, 6.45) is -5.07. The highest BCUT2D eigenvalue weighted by atomic mass is 35.5. The van der Waals surface area contributed by atoms with Gasteiger partial charge in [-0.05, 0) is 24.3 Å². The molecule has 0 spiro atoms. The van der Waals surface area contributed by atoms with E-state index in [0.29, 0.717) is 5.75 Å². The van der Waals surface area contributed by atoms with E-state index in [9.17, 15) is 18.0 Å². The van der Waals surface area contributed by atoms with Crippen LogP contribution in [-0.4, -0.2) is 25.2 Å². The molecule has 6 nitrogen and oxygen atoms in total. The number of fused-ring (bicyclic) bond motifs is 1. The molecular weight excluding hydrogens is 377 g/mol. The van der Waals surface area contributed by atoms with E-state index >= 15 is 0 Å². The van der Waals surface area contributed by atoms with Crippen LogP contribution in [0, 0.1) is 0 Å². The zero-order chi connectivity index (χ0) is 18.9. The molecule has 138 valence electrons. The van der Waals surface area contributed by atoms with Gasteiger partial charge in [0, 0.05) is 22.8 Å². The van der Waals surface area contributed by atoms with Gasteiger partial charge in [-0.3, -0.25) is 5.32 Å². The second kappa shape index (κ2) is 6.49. The Morgan fingerprint density at radius 3 is 2.58 bits per heavy atom. The smallest absolute Gasteiger partial charge is 0.492 e. The highest BCUT2D eigenvalue weighted by molar-refractivity contribution is 6.30. The molecule has 10 heteroatoms. The average molecular weight is 389 g/mol. The van der Waals surface area contributed by atoms with Crippen LogP contribution in [0.2, 0.25) is 5.02 Å². The predicted molar refractivity (Wildman–Crippen MR) is 86.6 cm³/mol. The minimum absolute atomic E-state index is 0.158. The molecule has 1 atom stereocenters. The predicted octanol–water partition coefficient (Wildman–Crippen LogP) is 4.16. The minimum Gasteiger partial charge on any atom is -0.497 e. The number of carbonyl (C=O) groups excluding carboxylic acids is 1. The third-order valence-electron chi connectivity index (χ3n) is 3.39. The van der Waals surface area contributed by atoms with Crippen molar-refractivity contribution in [2.75, 3.05) is 12.4 Å². The number of carbonyl (C=O) groups is 1. The molecule has 1 aliphatic rings. The zero-order valence-electron chi connectivity index (χ0n) is 13.2. The molecule has 2 N–H and O–H groups in total. The molecular formula is C16H12ClF3N2O4. The summed E-state index contributed by atoms with van der Waals surface area (Å²) in [7, 11) is 1.42. The summed E-state index contributed by atoms with van der Waals surface area (Å²) in [4.78, 5) is 12.1.